The van der Waals surface area contributed by atoms with Gasteiger partial charge in [-0.3, -0.25) is 0 Å². The molecule has 0 aliphatic heterocycles. The predicted octanol–water partition coefficient (Wildman–Crippen LogP) is 3.74. The number of aromatic nitrogens is 2. The van der Waals surface area contributed by atoms with Crippen molar-refractivity contribution in [2.45, 2.75) is 78.0 Å². The van der Waals surface area contributed by atoms with Gasteiger partial charge in [0.05, 0.1) is 0 Å². The van der Waals surface area contributed by atoms with Gasteiger partial charge < -0.3 is 15.0 Å². The number of ether oxygens (including phenoxy) is 1. The average molecular weight is 293 g/mol. The standard InChI is InChI=1S/C17H31N3O/c1-15(2,3)19-12-13-11-18-14(20-13)17(21-6)9-7-16(4,5)8-10-17/h11,19H,7-10,12H2,1-6H3,(H,18,20). The summed E-state index contributed by atoms with van der Waals surface area (Å²) in [5.74, 6) is 0.992. The quantitative estimate of drug-likeness (QED) is 0.889. The van der Waals surface area contributed by atoms with E-state index in [2.05, 4.69) is 49.9 Å². The fraction of sp³-hybridized carbons (Fsp3) is 0.824. The molecule has 2 rings (SSSR count). The third-order valence-electron chi connectivity index (χ3n) is 4.67. The fourth-order valence-electron chi connectivity index (χ4n) is 2.91. The van der Waals surface area contributed by atoms with Crippen molar-refractivity contribution in [2.24, 2.45) is 5.41 Å². The van der Waals surface area contributed by atoms with Crippen molar-refractivity contribution in [3.63, 3.8) is 0 Å². The number of hydrogen-bond donors (Lipinski definition) is 2. The molecule has 21 heavy (non-hydrogen) atoms. The molecule has 1 saturated carbocycles. The number of imidazole rings is 1. The van der Waals surface area contributed by atoms with Crippen LogP contribution in [0.4, 0.5) is 0 Å². The summed E-state index contributed by atoms with van der Waals surface area (Å²) >= 11 is 0. The van der Waals surface area contributed by atoms with Crippen LogP contribution >= 0.6 is 0 Å². The Bertz CT molecular complexity index is 461. The molecular weight excluding hydrogens is 262 g/mol. The summed E-state index contributed by atoms with van der Waals surface area (Å²) in [4.78, 5) is 8.09. The number of nitrogens with one attached hydrogen (secondary N) is 2. The Morgan fingerprint density at radius 2 is 1.86 bits per heavy atom. The first-order valence-electron chi connectivity index (χ1n) is 8.00. The van der Waals surface area contributed by atoms with E-state index >= 15 is 0 Å². The molecule has 2 N–H and O–H groups in total. The number of aromatic amines is 1. The number of nitrogens with zero attached hydrogens (tertiary/aromatic N) is 1. The first-order valence-corrected chi connectivity index (χ1v) is 8.00. The van der Waals surface area contributed by atoms with Gasteiger partial charge in [-0.1, -0.05) is 13.8 Å². The summed E-state index contributed by atoms with van der Waals surface area (Å²) in [6, 6.07) is 0. The van der Waals surface area contributed by atoms with Crippen molar-refractivity contribution in [3.8, 4) is 0 Å². The first kappa shape index (κ1) is 16.5. The minimum Gasteiger partial charge on any atom is -0.370 e. The van der Waals surface area contributed by atoms with E-state index < -0.39 is 0 Å². The Morgan fingerprint density at radius 3 is 2.38 bits per heavy atom. The van der Waals surface area contributed by atoms with E-state index in [0.29, 0.717) is 5.41 Å². The molecular formula is C17H31N3O. The third-order valence-corrected chi connectivity index (χ3v) is 4.67. The van der Waals surface area contributed by atoms with E-state index in [-0.39, 0.29) is 11.1 Å². The zero-order valence-electron chi connectivity index (χ0n) is 14.5. The van der Waals surface area contributed by atoms with E-state index in [0.717, 1.165) is 30.9 Å². The molecule has 1 fully saturated rings. The van der Waals surface area contributed by atoms with Crippen molar-refractivity contribution >= 4 is 0 Å². The van der Waals surface area contributed by atoms with Gasteiger partial charge in [0.1, 0.15) is 11.4 Å². The van der Waals surface area contributed by atoms with Crippen LogP contribution in [-0.2, 0) is 16.9 Å². The van der Waals surface area contributed by atoms with Crippen molar-refractivity contribution in [1.29, 1.82) is 0 Å². The van der Waals surface area contributed by atoms with Gasteiger partial charge in [-0.2, -0.15) is 0 Å². The minimum absolute atomic E-state index is 0.110. The number of rotatable bonds is 4. The van der Waals surface area contributed by atoms with Crippen molar-refractivity contribution in [3.05, 3.63) is 17.7 Å². The average Bonchev–Trinajstić information content (AvgIpc) is 2.86. The number of H-pyrrole nitrogens is 1. The minimum atomic E-state index is -0.227. The third kappa shape index (κ3) is 4.07. The largest absolute Gasteiger partial charge is 0.370 e. The molecule has 4 heteroatoms. The van der Waals surface area contributed by atoms with Gasteiger partial charge in [-0.15, -0.1) is 0 Å². The predicted molar refractivity (Wildman–Crippen MR) is 86.1 cm³/mol. The van der Waals surface area contributed by atoms with Crippen LogP contribution in [0.5, 0.6) is 0 Å². The number of hydrogen-bond acceptors (Lipinski definition) is 3. The highest BCUT2D eigenvalue weighted by Crippen LogP contribution is 2.46. The van der Waals surface area contributed by atoms with Crippen LogP contribution < -0.4 is 5.32 Å². The molecule has 0 amide bonds. The molecule has 0 radical (unpaired) electrons. The molecule has 120 valence electrons. The Labute approximate surface area is 129 Å². The lowest BCUT2D eigenvalue weighted by atomic mass is 9.70. The fourth-order valence-corrected chi connectivity index (χ4v) is 2.91. The molecule has 1 heterocycles. The van der Waals surface area contributed by atoms with Gasteiger partial charge in [0.25, 0.3) is 0 Å². The molecule has 0 saturated heterocycles. The summed E-state index contributed by atoms with van der Waals surface area (Å²) in [6.45, 7) is 12.0. The summed E-state index contributed by atoms with van der Waals surface area (Å²) in [7, 11) is 1.81. The molecule has 1 aromatic rings. The molecule has 0 aromatic carbocycles. The van der Waals surface area contributed by atoms with Gasteiger partial charge in [0.2, 0.25) is 0 Å². The maximum atomic E-state index is 5.90. The summed E-state index contributed by atoms with van der Waals surface area (Å²) in [6.07, 6.45) is 6.37. The lowest BCUT2D eigenvalue weighted by Gasteiger charge is -2.41. The molecule has 1 aliphatic rings. The smallest absolute Gasteiger partial charge is 0.138 e. The van der Waals surface area contributed by atoms with Gasteiger partial charge in [-0.05, 0) is 51.9 Å². The first-order chi connectivity index (χ1) is 9.66. The Balaban J connectivity index is 2.08. The van der Waals surface area contributed by atoms with Crippen LogP contribution in [-0.4, -0.2) is 22.6 Å². The van der Waals surface area contributed by atoms with E-state index in [4.69, 9.17) is 4.74 Å². The normalized spacial score (nSPS) is 21.4. The highest BCUT2D eigenvalue weighted by molar-refractivity contribution is 5.11. The molecule has 4 nitrogen and oxygen atoms in total. The molecule has 0 bridgehead atoms. The zero-order valence-corrected chi connectivity index (χ0v) is 14.5. The van der Waals surface area contributed by atoms with Crippen molar-refractivity contribution < 1.29 is 4.74 Å². The second-order valence-corrected chi connectivity index (χ2v) is 8.22. The lowest BCUT2D eigenvalue weighted by Crippen LogP contribution is -2.37. The highest BCUT2D eigenvalue weighted by atomic mass is 16.5. The molecule has 1 aliphatic carbocycles. The molecule has 0 unspecified atom stereocenters. The van der Waals surface area contributed by atoms with E-state index in [1.54, 1.807) is 0 Å². The second kappa shape index (κ2) is 5.73. The Kier molecular flexibility index (Phi) is 4.50. The summed E-state index contributed by atoms with van der Waals surface area (Å²) in [5.41, 5.74) is 1.43. The van der Waals surface area contributed by atoms with E-state index in [1.807, 2.05) is 13.3 Å². The van der Waals surface area contributed by atoms with Crippen LogP contribution in [0.2, 0.25) is 0 Å². The maximum Gasteiger partial charge on any atom is 0.138 e. The van der Waals surface area contributed by atoms with Crippen LogP contribution in [0.1, 0.15) is 71.8 Å². The van der Waals surface area contributed by atoms with E-state index in [9.17, 15) is 0 Å². The van der Waals surface area contributed by atoms with Crippen LogP contribution in [0.15, 0.2) is 6.20 Å². The zero-order chi connectivity index (χ0) is 15.7. The molecule has 1 aromatic heterocycles. The van der Waals surface area contributed by atoms with Gasteiger partial charge in [-0.25, -0.2) is 4.98 Å². The van der Waals surface area contributed by atoms with E-state index in [1.165, 1.54) is 12.8 Å². The SMILES string of the molecule is COC1(c2ncc(CNC(C)(C)C)[nH]2)CCC(C)(C)CC1. The lowest BCUT2D eigenvalue weighted by molar-refractivity contribution is -0.0724. The summed E-state index contributed by atoms with van der Waals surface area (Å²) < 4.78 is 5.90. The van der Waals surface area contributed by atoms with Gasteiger partial charge >= 0.3 is 0 Å². The van der Waals surface area contributed by atoms with Crippen molar-refractivity contribution in [2.75, 3.05) is 7.11 Å². The van der Waals surface area contributed by atoms with Gasteiger partial charge in [0.15, 0.2) is 0 Å². The van der Waals surface area contributed by atoms with Crippen molar-refractivity contribution in [1.82, 2.24) is 15.3 Å². The molecule has 0 atom stereocenters. The number of methoxy groups -OCH3 is 1. The van der Waals surface area contributed by atoms with Crippen LogP contribution in [0.3, 0.4) is 0 Å². The maximum absolute atomic E-state index is 5.90. The van der Waals surface area contributed by atoms with Crippen LogP contribution in [0, 0.1) is 5.41 Å². The van der Waals surface area contributed by atoms with Crippen LogP contribution in [0.25, 0.3) is 0 Å². The van der Waals surface area contributed by atoms with Gasteiger partial charge in [0, 0.05) is 31.1 Å². The summed E-state index contributed by atoms with van der Waals surface area (Å²) in [5, 5.41) is 3.49. The molecule has 0 spiro atoms. The highest BCUT2D eigenvalue weighted by Gasteiger charge is 2.41. The Morgan fingerprint density at radius 1 is 1.24 bits per heavy atom. The monoisotopic (exact) mass is 293 g/mol. The topological polar surface area (TPSA) is 49.9 Å². The second-order valence-electron chi connectivity index (χ2n) is 8.22. The Hall–Kier alpha value is -0.870.